The van der Waals surface area contributed by atoms with Gasteiger partial charge in [0.05, 0.1) is 5.56 Å². The molecule has 0 radical (unpaired) electrons. The van der Waals surface area contributed by atoms with Crippen molar-refractivity contribution in [3.8, 4) is 5.75 Å². The number of nitrogens with zero attached hydrogens (tertiary/aromatic N) is 2. The van der Waals surface area contributed by atoms with Crippen LogP contribution in [-0.4, -0.2) is 53.9 Å². The molecule has 172 valence electrons. The number of alkyl halides is 3. The Labute approximate surface area is 185 Å². The van der Waals surface area contributed by atoms with Crippen molar-refractivity contribution in [2.24, 2.45) is 0 Å². The van der Waals surface area contributed by atoms with E-state index in [0.29, 0.717) is 38.0 Å². The molecule has 1 fully saturated rings. The molecule has 2 amide bonds. The van der Waals surface area contributed by atoms with Gasteiger partial charge in [0.2, 0.25) is 0 Å². The summed E-state index contributed by atoms with van der Waals surface area (Å²) < 4.78 is 43.5. The zero-order valence-electron chi connectivity index (χ0n) is 18.0. The van der Waals surface area contributed by atoms with Crippen LogP contribution in [0.15, 0.2) is 54.6 Å². The highest BCUT2D eigenvalue weighted by atomic mass is 19.4. The first-order valence-electron chi connectivity index (χ1n) is 10.7. The fourth-order valence-electron chi connectivity index (χ4n) is 3.86. The zero-order chi connectivity index (χ0) is 23.1. The van der Waals surface area contributed by atoms with Crippen molar-refractivity contribution in [3.05, 3.63) is 65.7 Å². The summed E-state index contributed by atoms with van der Waals surface area (Å²) in [5.74, 6) is -0.00582. The maximum atomic E-state index is 12.8. The Balaban J connectivity index is 1.54. The number of ether oxygens (including phenoxy) is 1. The Morgan fingerprint density at radius 2 is 1.66 bits per heavy atom. The summed E-state index contributed by atoms with van der Waals surface area (Å²) in [7, 11) is 0. The molecule has 2 aromatic rings. The number of halogens is 3. The van der Waals surface area contributed by atoms with Crippen LogP contribution in [0.25, 0.3) is 0 Å². The molecule has 0 saturated carbocycles. The third kappa shape index (κ3) is 6.02. The van der Waals surface area contributed by atoms with E-state index in [-0.39, 0.29) is 30.2 Å². The predicted molar refractivity (Wildman–Crippen MR) is 114 cm³/mol. The SMILES string of the molecule is CCCN(C(=O)COc1ccc(C(F)(F)F)cc1)C1CCN(C(=O)c2ccccc2)CC1. The number of rotatable bonds is 7. The number of carbonyl (C=O) groups is 2. The molecular formula is C24H27F3N2O3. The summed E-state index contributed by atoms with van der Waals surface area (Å²) in [5, 5.41) is 0. The number of likely N-dealkylation sites (tertiary alicyclic amines) is 1. The standard InChI is InChI=1S/C24H27F3N2O3/c1-2-14-29(22(30)17-32-21-10-8-19(9-11-21)24(25,26)27)20-12-15-28(16-13-20)23(31)18-6-4-3-5-7-18/h3-11,20H,2,12-17H2,1H3. The van der Waals surface area contributed by atoms with Gasteiger partial charge in [-0.15, -0.1) is 0 Å². The quantitative estimate of drug-likeness (QED) is 0.621. The Morgan fingerprint density at radius 1 is 1.03 bits per heavy atom. The molecule has 1 aliphatic heterocycles. The average molecular weight is 448 g/mol. The van der Waals surface area contributed by atoms with Gasteiger partial charge in [0.1, 0.15) is 5.75 Å². The highest BCUT2D eigenvalue weighted by molar-refractivity contribution is 5.94. The molecule has 32 heavy (non-hydrogen) atoms. The van der Waals surface area contributed by atoms with E-state index in [1.807, 2.05) is 25.1 Å². The van der Waals surface area contributed by atoms with Crippen LogP contribution in [0.4, 0.5) is 13.2 Å². The van der Waals surface area contributed by atoms with Crippen molar-refractivity contribution in [2.45, 2.75) is 38.4 Å². The van der Waals surface area contributed by atoms with Gasteiger partial charge in [0.15, 0.2) is 6.61 Å². The Hall–Kier alpha value is -3.03. The van der Waals surface area contributed by atoms with Gasteiger partial charge in [-0.3, -0.25) is 9.59 Å². The molecule has 3 rings (SSSR count). The number of hydrogen-bond acceptors (Lipinski definition) is 3. The lowest BCUT2D eigenvalue weighted by Crippen LogP contribution is -2.50. The highest BCUT2D eigenvalue weighted by Gasteiger charge is 2.31. The van der Waals surface area contributed by atoms with E-state index in [9.17, 15) is 22.8 Å². The molecule has 0 spiro atoms. The topological polar surface area (TPSA) is 49.9 Å². The van der Waals surface area contributed by atoms with E-state index in [1.165, 1.54) is 12.1 Å². The van der Waals surface area contributed by atoms with Gasteiger partial charge < -0.3 is 14.5 Å². The van der Waals surface area contributed by atoms with Gasteiger partial charge in [-0.05, 0) is 55.7 Å². The zero-order valence-corrected chi connectivity index (χ0v) is 18.0. The molecule has 1 saturated heterocycles. The number of hydrogen-bond donors (Lipinski definition) is 0. The maximum Gasteiger partial charge on any atom is 0.416 e. The average Bonchev–Trinajstić information content (AvgIpc) is 2.81. The van der Waals surface area contributed by atoms with Crippen LogP contribution in [0.5, 0.6) is 5.75 Å². The predicted octanol–water partition coefficient (Wildman–Crippen LogP) is 4.63. The van der Waals surface area contributed by atoms with E-state index < -0.39 is 11.7 Å². The molecule has 0 unspecified atom stereocenters. The van der Waals surface area contributed by atoms with Crippen LogP contribution in [0.2, 0.25) is 0 Å². The molecule has 5 nitrogen and oxygen atoms in total. The second kappa shape index (κ2) is 10.5. The second-order valence-electron chi connectivity index (χ2n) is 7.79. The van der Waals surface area contributed by atoms with Crippen LogP contribution < -0.4 is 4.74 Å². The fraction of sp³-hybridized carbons (Fsp3) is 0.417. The maximum absolute atomic E-state index is 12.8. The molecule has 0 bridgehead atoms. The fourth-order valence-corrected chi connectivity index (χ4v) is 3.86. The van der Waals surface area contributed by atoms with Crippen LogP contribution in [-0.2, 0) is 11.0 Å². The number of amides is 2. The van der Waals surface area contributed by atoms with Gasteiger partial charge in [0.25, 0.3) is 11.8 Å². The number of benzene rings is 2. The molecule has 2 aromatic carbocycles. The van der Waals surface area contributed by atoms with Crippen LogP contribution >= 0.6 is 0 Å². The number of piperidine rings is 1. The first kappa shape index (κ1) is 23.6. The third-order valence-corrected chi connectivity index (χ3v) is 5.54. The van der Waals surface area contributed by atoms with Crippen molar-refractivity contribution in [1.82, 2.24) is 9.80 Å². The molecule has 0 N–H and O–H groups in total. The minimum atomic E-state index is -4.41. The first-order valence-corrected chi connectivity index (χ1v) is 10.7. The lowest BCUT2D eigenvalue weighted by molar-refractivity contribution is -0.138. The van der Waals surface area contributed by atoms with Crippen LogP contribution in [0.1, 0.15) is 42.1 Å². The summed E-state index contributed by atoms with van der Waals surface area (Å²) in [6.07, 6.45) is -2.30. The Kier molecular flexibility index (Phi) is 7.77. The third-order valence-electron chi connectivity index (χ3n) is 5.54. The lowest BCUT2D eigenvalue weighted by atomic mass is 10.0. The summed E-state index contributed by atoms with van der Waals surface area (Å²) in [6.45, 7) is 3.42. The van der Waals surface area contributed by atoms with Gasteiger partial charge in [0, 0.05) is 31.2 Å². The first-order chi connectivity index (χ1) is 15.3. The van der Waals surface area contributed by atoms with Crippen LogP contribution in [0, 0.1) is 0 Å². The molecule has 1 aliphatic rings. The van der Waals surface area contributed by atoms with Crippen molar-refractivity contribution >= 4 is 11.8 Å². The largest absolute Gasteiger partial charge is 0.484 e. The lowest BCUT2D eigenvalue weighted by Gasteiger charge is -2.38. The summed E-state index contributed by atoms with van der Waals surface area (Å²) >= 11 is 0. The van der Waals surface area contributed by atoms with Gasteiger partial charge >= 0.3 is 6.18 Å². The summed E-state index contributed by atoms with van der Waals surface area (Å²) in [5.41, 5.74) is -0.113. The van der Waals surface area contributed by atoms with E-state index in [1.54, 1.807) is 21.9 Å². The van der Waals surface area contributed by atoms with E-state index in [2.05, 4.69) is 0 Å². The monoisotopic (exact) mass is 448 g/mol. The highest BCUT2D eigenvalue weighted by Crippen LogP contribution is 2.30. The normalized spacial score (nSPS) is 14.8. The van der Waals surface area contributed by atoms with Crippen LogP contribution in [0.3, 0.4) is 0 Å². The van der Waals surface area contributed by atoms with Crippen molar-refractivity contribution in [3.63, 3.8) is 0 Å². The van der Waals surface area contributed by atoms with E-state index in [4.69, 9.17) is 4.74 Å². The summed E-state index contributed by atoms with van der Waals surface area (Å²) in [4.78, 5) is 29.0. The van der Waals surface area contributed by atoms with E-state index in [0.717, 1.165) is 18.6 Å². The summed E-state index contributed by atoms with van der Waals surface area (Å²) in [6, 6.07) is 13.4. The molecule has 1 heterocycles. The minimum Gasteiger partial charge on any atom is -0.484 e. The molecule has 8 heteroatoms. The van der Waals surface area contributed by atoms with Crippen molar-refractivity contribution in [2.75, 3.05) is 26.2 Å². The smallest absolute Gasteiger partial charge is 0.416 e. The van der Waals surface area contributed by atoms with Crippen molar-refractivity contribution < 1.29 is 27.5 Å². The second-order valence-corrected chi connectivity index (χ2v) is 7.79. The Bertz CT molecular complexity index is 893. The van der Waals surface area contributed by atoms with Gasteiger partial charge in [-0.1, -0.05) is 25.1 Å². The van der Waals surface area contributed by atoms with Gasteiger partial charge in [-0.25, -0.2) is 0 Å². The molecular weight excluding hydrogens is 421 g/mol. The molecule has 0 atom stereocenters. The number of carbonyl (C=O) groups excluding carboxylic acids is 2. The Morgan fingerprint density at radius 3 is 2.22 bits per heavy atom. The van der Waals surface area contributed by atoms with E-state index >= 15 is 0 Å². The minimum absolute atomic E-state index is 0.00141. The van der Waals surface area contributed by atoms with Crippen molar-refractivity contribution in [1.29, 1.82) is 0 Å². The van der Waals surface area contributed by atoms with Gasteiger partial charge in [-0.2, -0.15) is 13.2 Å². The molecule has 0 aromatic heterocycles. The molecule has 0 aliphatic carbocycles.